The van der Waals surface area contributed by atoms with Crippen LogP contribution in [0.15, 0.2) is 12.2 Å². The predicted octanol–water partition coefficient (Wildman–Crippen LogP) is 0.349. The van der Waals surface area contributed by atoms with Crippen LogP contribution in [0.2, 0.25) is 0 Å². The zero-order valence-corrected chi connectivity index (χ0v) is 7.64. The second-order valence-electron chi connectivity index (χ2n) is 2.94. The summed E-state index contributed by atoms with van der Waals surface area (Å²) in [5.74, 6) is -1.78. The van der Waals surface area contributed by atoms with Gasteiger partial charge in [0, 0.05) is 12.2 Å². The fourth-order valence-electron chi connectivity index (χ4n) is 0.906. The first-order chi connectivity index (χ1) is 6.68. The third kappa shape index (κ3) is 5.31. The zero-order valence-electron chi connectivity index (χ0n) is 7.64. The molecule has 0 bridgehead atoms. The van der Waals surface area contributed by atoms with Crippen LogP contribution >= 0.6 is 0 Å². The molecule has 1 aliphatic heterocycles. The van der Waals surface area contributed by atoms with Crippen molar-refractivity contribution in [1.82, 2.24) is 0 Å². The Morgan fingerprint density at radius 2 is 2.21 bits per heavy atom. The fourth-order valence-corrected chi connectivity index (χ4v) is 0.906. The molecule has 1 N–H and O–H groups in total. The molecular formula is C9H12O5. The van der Waals surface area contributed by atoms with E-state index >= 15 is 0 Å². The first-order valence-electron chi connectivity index (χ1n) is 4.38. The molecule has 14 heavy (non-hydrogen) atoms. The number of esters is 1. The number of carbonyl (C=O) groups excluding carboxylic acids is 1. The van der Waals surface area contributed by atoms with E-state index in [1.807, 2.05) is 0 Å². The SMILES string of the molecule is O=C(O)/C=C\C(=O)OCCCC1CO1. The van der Waals surface area contributed by atoms with Gasteiger partial charge in [0.25, 0.3) is 0 Å². The molecule has 0 aliphatic carbocycles. The lowest BCUT2D eigenvalue weighted by atomic mass is 10.3. The molecule has 1 saturated heterocycles. The normalized spacial score (nSPS) is 19.6. The molecule has 0 radical (unpaired) electrons. The fraction of sp³-hybridized carbons (Fsp3) is 0.556. The number of carbonyl (C=O) groups is 2. The molecular weight excluding hydrogens is 188 g/mol. The Bertz CT molecular complexity index is 242. The summed E-state index contributed by atoms with van der Waals surface area (Å²) in [5.41, 5.74) is 0. The first kappa shape index (κ1) is 10.7. The molecule has 1 atom stereocenters. The molecule has 5 heteroatoms. The minimum Gasteiger partial charge on any atom is -0.478 e. The zero-order chi connectivity index (χ0) is 10.4. The molecule has 0 amide bonds. The Kier molecular flexibility index (Phi) is 4.12. The van der Waals surface area contributed by atoms with Gasteiger partial charge in [-0.2, -0.15) is 0 Å². The van der Waals surface area contributed by atoms with Gasteiger partial charge in [0.2, 0.25) is 0 Å². The van der Waals surface area contributed by atoms with Gasteiger partial charge in [-0.05, 0) is 12.8 Å². The minimum absolute atomic E-state index is 0.308. The highest BCUT2D eigenvalue weighted by Crippen LogP contribution is 2.14. The number of carboxylic acids is 1. The van der Waals surface area contributed by atoms with Gasteiger partial charge in [0.05, 0.1) is 19.3 Å². The van der Waals surface area contributed by atoms with Crippen LogP contribution in [0.25, 0.3) is 0 Å². The summed E-state index contributed by atoms with van der Waals surface area (Å²) in [4.78, 5) is 20.8. The van der Waals surface area contributed by atoms with Crippen molar-refractivity contribution < 1.29 is 24.2 Å². The van der Waals surface area contributed by atoms with Crippen LogP contribution in [0.1, 0.15) is 12.8 Å². The largest absolute Gasteiger partial charge is 0.478 e. The van der Waals surface area contributed by atoms with E-state index in [1.54, 1.807) is 0 Å². The molecule has 1 heterocycles. The molecule has 1 fully saturated rings. The van der Waals surface area contributed by atoms with Gasteiger partial charge < -0.3 is 14.6 Å². The van der Waals surface area contributed by atoms with E-state index in [9.17, 15) is 9.59 Å². The van der Waals surface area contributed by atoms with Crippen molar-refractivity contribution >= 4 is 11.9 Å². The van der Waals surface area contributed by atoms with Gasteiger partial charge in [-0.3, -0.25) is 0 Å². The van der Waals surface area contributed by atoms with Crippen LogP contribution in [0.3, 0.4) is 0 Å². The van der Waals surface area contributed by atoms with E-state index in [0.717, 1.165) is 31.6 Å². The highest BCUT2D eigenvalue weighted by Gasteiger charge is 2.21. The average Bonchev–Trinajstić information content (AvgIpc) is 2.92. The summed E-state index contributed by atoms with van der Waals surface area (Å²) in [6, 6.07) is 0. The van der Waals surface area contributed by atoms with Gasteiger partial charge in [0.15, 0.2) is 0 Å². The summed E-state index contributed by atoms with van der Waals surface area (Å²) in [5, 5.41) is 8.20. The van der Waals surface area contributed by atoms with Gasteiger partial charge in [-0.25, -0.2) is 9.59 Å². The number of carboxylic acid groups (broad SMARTS) is 1. The summed E-state index contributed by atoms with van der Waals surface area (Å²) in [7, 11) is 0. The molecule has 0 saturated carbocycles. The lowest BCUT2D eigenvalue weighted by molar-refractivity contribution is -0.138. The van der Waals surface area contributed by atoms with Crippen LogP contribution in [0.4, 0.5) is 0 Å². The maximum Gasteiger partial charge on any atom is 0.331 e. The molecule has 0 aromatic carbocycles. The lowest BCUT2D eigenvalue weighted by Gasteiger charge is -1.99. The van der Waals surface area contributed by atoms with E-state index in [1.165, 1.54) is 0 Å². The van der Waals surface area contributed by atoms with E-state index in [-0.39, 0.29) is 0 Å². The number of epoxide rings is 1. The van der Waals surface area contributed by atoms with Crippen molar-refractivity contribution in [3.8, 4) is 0 Å². The van der Waals surface area contributed by atoms with Crippen molar-refractivity contribution in [2.45, 2.75) is 18.9 Å². The Hall–Kier alpha value is -1.36. The van der Waals surface area contributed by atoms with E-state index in [0.29, 0.717) is 12.7 Å². The molecule has 1 unspecified atom stereocenters. The third-order valence-corrected chi connectivity index (χ3v) is 1.68. The summed E-state index contributed by atoms with van der Waals surface area (Å²) in [6.45, 7) is 1.11. The Morgan fingerprint density at radius 1 is 1.50 bits per heavy atom. The summed E-state index contributed by atoms with van der Waals surface area (Å²) < 4.78 is 9.69. The second-order valence-corrected chi connectivity index (χ2v) is 2.94. The molecule has 0 aromatic heterocycles. The number of rotatable bonds is 6. The van der Waals surface area contributed by atoms with E-state index < -0.39 is 11.9 Å². The number of hydrogen-bond donors (Lipinski definition) is 1. The smallest absolute Gasteiger partial charge is 0.331 e. The van der Waals surface area contributed by atoms with Crippen molar-refractivity contribution in [1.29, 1.82) is 0 Å². The van der Waals surface area contributed by atoms with Crippen LogP contribution in [-0.2, 0) is 19.1 Å². The van der Waals surface area contributed by atoms with E-state index in [2.05, 4.69) is 0 Å². The Balaban J connectivity index is 1.99. The van der Waals surface area contributed by atoms with Crippen LogP contribution < -0.4 is 0 Å². The van der Waals surface area contributed by atoms with Crippen LogP contribution in [-0.4, -0.2) is 36.4 Å². The standard InChI is InChI=1S/C9H12O5/c10-8(11)3-4-9(12)13-5-1-2-7-6-14-7/h3-4,7H,1-2,5-6H2,(H,10,11)/b4-3-. The number of ether oxygens (including phenoxy) is 2. The highest BCUT2D eigenvalue weighted by molar-refractivity contribution is 5.90. The monoisotopic (exact) mass is 200 g/mol. The number of hydrogen-bond acceptors (Lipinski definition) is 4. The molecule has 1 aliphatic rings. The summed E-state index contributed by atoms with van der Waals surface area (Å²) >= 11 is 0. The Labute approximate surface area is 81.3 Å². The van der Waals surface area contributed by atoms with Crippen LogP contribution in [0.5, 0.6) is 0 Å². The molecule has 0 aromatic rings. The van der Waals surface area contributed by atoms with Gasteiger partial charge in [0.1, 0.15) is 0 Å². The average molecular weight is 200 g/mol. The molecule has 1 rings (SSSR count). The van der Waals surface area contributed by atoms with Crippen molar-refractivity contribution in [2.75, 3.05) is 13.2 Å². The highest BCUT2D eigenvalue weighted by atomic mass is 16.6. The van der Waals surface area contributed by atoms with Crippen molar-refractivity contribution in [2.24, 2.45) is 0 Å². The van der Waals surface area contributed by atoms with Gasteiger partial charge in [-0.15, -0.1) is 0 Å². The second kappa shape index (κ2) is 5.39. The Morgan fingerprint density at radius 3 is 2.79 bits per heavy atom. The number of aliphatic carboxylic acids is 1. The molecule has 0 spiro atoms. The predicted molar refractivity (Wildman–Crippen MR) is 46.7 cm³/mol. The van der Waals surface area contributed by atoms with E-state index in [4.69, 9.17) is 14.6 Å². The maximum atomic E-state index is 10.8. The first-order valence-corrected chi connectivity index (χ1v) is 4.38. The van der Waals surface area contributed by atoms with Crippen molar-refractivity contribution in [3.05, 3.63) is 12.2 Å². The maximum absolute atomic E-state index is 10.8. The molecule has 78 valence electrons. The van der Waals surface area contributed by atoms with Gasteiger partial charge in [-0.1, -0.05) is 0 Å². The quantitative estimate of drug-likeness (QED) is 0.290. The summed E-state index contributed by atoms with van der Waals surface area (Å²) in [6.07, 6.45) is 3.62. The topological polar surface area (TPSA) is 76.1 Å². The third-order valence-electron chi connectivity index (χ3n) is 1.68. The molecule has 5 nitrogen and oxygen atoms in total. The van der Waals surface area contributed by atoms with Crippen LogP contribution in [0, 0.1) is 0 Å². The van der Waals surface area contributed by atoms with Crippen molar-refractivity contribution in [3.63, 3.8) is 0 Å². The minimum atomic E-state index is -1.16. The van der Waals surface area contributed by atoms with Gasteiger partial charge >= 0.3 is 11.9 Å². The lowest BCUT2D eigenvalue weighted by Crippen LogP contribution is -2.04.